The zero-order chi connectivity index (χ0) is 23.3. The molecule has 0 radical (unpaired) electrons. The third-order valence-electron chi connectivity index (χ3n) is 5.89. The minimum absolute atomic E-state index is 0.0896. The summed E-state index contributed by atoms with van der Waals surface area (Å²) in [4.78, 5) is 27.0. The van der Waals surface area contributed by atoms with Crippen LogP contribution in [0.2, 0.25) is 0 Å². The number of methoxy groups -OCH3 is 1. The van der Waals surface area contributed by atoms with E-state index in [1.165, 1.54) is 7.11 Å². The number of rotatable bonds is 8. The molecule has 2 aromatic carbocycles. The summed E-state index contributed by atoms with van der Waals surface area (Å²) < 4.78 is 5.27. The van der Waals surface area contributed by atoms with Crippen LogP contribution in [0.1, 0.15) is 29.7 Å². The highest BCUT2D eigenvalue weighted by molar-refractivity contribution is 5.87. The molecule has 2 unspecified atom stereocenters. The molecule has 3 rings (SSSR count). The van der Waals surface area contributed by atoms with Crippen molar-refractivity contribution in [2.75, 3.05) is 27.2 Å². The van der Waals surface area contributed by atoms with Gasteiger partial charge in [-0.15, -0.1) is 0 Å². The number of hydrogen-bond donors (Lipinski definition) is 4. The number of phenolic OH excluding ortho intramolecular Hbond substituents is 1. The van der Waals surface area contributed by atoms with Crippen LogP contribution in [-0.2, 0) is 22.4 Å². The van der Waals surface area contributed by atoms with Crippen LogP contribution in [0.3, 0.4) is 0 Å². The van der Waals surface area contributed by atoms with Gasteiger partial charge in [-0.2, -0.15) is 0 Å². The molecule has 8 heteroatoms. The van der Waals surface area contributed by atoms with Gasteiger partial charge in [0, 0.05) is 12.6 Å². The van der Waals surface area contributed by atoms with E-state index in [1.54, 1.807) is 6.07 Å². The molecule has 0 saturated heterocycles. The summed E-state index contributed by atoms with van der Waals surface area (Å²) in [6.07, 6.45) is 1.21. The summed E-state index contributed by atoms with van der Waals surface area (Å²) in [5.41, 5.74) is 8.99. The SMILES string of the molecule is COc1cc2c(cc1O)CCN(C)C2C(C)NC(=O)CNC(=O)[C@@H](N)Cc1ccccc1. The third-order valence-corrected chi connectivity index (χ3v) is 5.89. The Bertz CT molecular complexity index is 951. The van der Waals surface area contributed by atoms with E-state index in [-0.39, 0.29) is 36.2 Å². The summed E-state index contributed by atoms with van der Waals surface area (Å²) in [7, 11) is 3.51. The molecule has 1 heterocycles. The van der Waals surface area contributed by atoms with Gasteiger partial charge in [-0.3, -0.25) is 14.5 Å². The summed E-state index contributed by atoms with van der Waals surface area (Å²) in [5, 5.41) is 15.7. The molecule has 8 nitrogen and oxygen atoms in total. The van der Waals surface area contributed by atoms with E-state index in [2.05, 4.69) is 15.5 Å². The first-order chi connectivity index (χ1) is 15.3. The largest absolute Gasteiger partial charge is 0.504 e. The number of nitrogens with two attached hydrogens (primary N) is 1. The zero-order valence-corrected chi connectivity index (χ0v) is 18.8. The Kier molecular flexibility index (Phi) is 7.71. The van der Waals surface area contributed by atoms with E-state index in [0.717, 1.165) is 29.7 Å². The van der Waals surface area contributed by atoms with Crippen LogP contribution in [0, 0.1) is 0 Å². The van der Waals surface area contributed by atoms with Crippen LogP contribution in [0.4, 0.5) is 0 Å². The van der Waals surface area contributed by atoms with Crippen LogP contribution < -0.4 is 21.1 Å². The van der Waals surface area contributed by atoms with Crippen LogP contribution in [0.15, 0.2) is 42.5 Å². The molecule has 2 amide bonds. The molecule has 1 aliphatic rings. The molecule has 0 spiro atoms. The average Bonchev–Trinajstić information content (AvgIpc) is 2.77. The minimum Gasteiger partial charge on any atom is -0.504 e. The highest BCUT2D eigenvalue weighted by atomic mass is 16.5. The summed E-state index contributed by atoms with van der Waals surface area (Å²) >= 11 is 0. The van der Waals surface area contributed by atoms with Crippen molar-refractivity contribution in [2.24, 2.45) is 5.73 Å². The van der Waals surface area contributed by atoms with Crippen molar-refractivity contribution in [3.8, 4) is 11.5 Å². The average molecular weight is 441 g/mol. The number of ether oxygens (including phenoxy) is 1. The third kappa shape index (κ3) is 5.57. The maximum absolute atomic E-state index is 12.5. The van der Waals surface area contributed by atoms with Gasteiger partial charge in [0.15, 0.2) is 11.5 Å². The van der Waals surface area contributed by atoms with Crippen molar-refractivity contribution in [3.05, 3.63) is 59.2 Å². The fraction of sp³-hybridized carbons (Fsp3) is 0.417. The van der Waals surface area contributed by atoms with Crippen molar-refractivity contribution in [2.45, 2.75) is 37.9 Å². The lowest BCUT2D eigenvalue weighted by molar-refractivity contribution is -0.127. The number of likely N-dealkylation sites (N-methyl/N-ethyl adjacent to an activating group) is 1. The number of amides is 2. The number of hydrogen-bond acceptors (Lipinski definition) is 6. The Morgan fingerprint density at radius 3 is 2.69 bits per heavy atom. The summed E-state index contributed by atoms with van der Waals surface area (Å²) in [5.74, 6) is -0.135. The normalized spacial score (nSPS) is 17.7. The molecule has 3 atom stereocenters. The van der Waals surface area contributed by atoms with E-state index < -0.39 is 6.04 Å². The van der Waals surface area contributed by atoms with Crippen molar-refractivity contribution < 1.29 is 19.4 Å². The van der Waals surface area contributed by atoms with Gasteiger partial charge in [0.05, 0.1) is 25.7 Å². The van der Waals surface area contributed by atoms with Gasteiger partial charge < -0.3 is 26.2 Å². The number of carbonyl (C=O) groups is 2. The van der Waals surface area contributed by atoms with Crippen LogP contribution in [-0.4, -0.2) is 61.2 Å². The van der Waals surface area contributed by atoms with Crippen LogP contribution in [0.5, 0.6) is 11.5 Å². The van der Waals surface area contributed by atoms with E-state index in [1.807, 2.05) is 50.4 Å². The van der Waals surface area contributed by atoms with Gasteiger partial charge in [-0.1, -0.05) is 30.3 Å². The molecule has 0 saturated carbocycles. The highest BCUT2D eigenvalue weighted by Crippen LogP contribution is 2.38. The fourth-order valence-corrected chi connectivity index (χ4v) is 4.25. The minimum atomic E-state index is -0.723. The Hall–Kier alpha value is -3.10. The van der Waals surface area contributed by atoms with Crippen molar-refractivity contribution in [1.29, 1.82) is 0 Å². The Morgan fingerprint density at radius 2 is 2.00 bits per heavy atom. The second-order valence-corrected chi connectivity index (χ2v) is 8.27. The standard InChI is InChI=1S/C24H32N4O4/c1-15(23-18-13-21(32-3)20(29)12-17(18)9-10-28(23)2)27-22(30)14-26-24(31)19(25)11-16-7-5-4-6-8-16/h4-8,12-13,15,19,23,29H,9-11,14,25H2,1-3H3,(H,26,31)(H,27,30)/t15?,19-,23?/m0/s1. The second-order valence-electron chi connectivity index (χ2n) is 8.27. The first-order valence-corrected chi connectivity index (χ1v) is 10.8. The molecular formula is C24H32N4O4. The maximum Gasteiger partial charge on any atom is 0.239 e. The predicted octanol–water partition coefficient (Wildman–Crippen LogP) is 1.12. The number of fused-ring (bicyclic) bond motifs is 1. The number of benzene rings is 2. The Morgan fingerprint density at radius 1 is 1.28 bits per heavy atom. The quantitative estimate of drug-likeness (QED) is 0.489. The molecule has 0 bridgehead atoms. The Balaban J connectivity index is 1.58. The van der Waals surface area contributed by atoms with Gasteiger partial charge in [0.1, 0.15) is 0 Å². The van der Waals surface area contributed by atoms with E-state index in [0.29, 0.717) is 12.2 Å². The van der Waals surface area contributed by atoms with Crippen molar-refractivity contribution in [1.82, 2.24) is 15.5 Å². The van der Waals surface area contributed by atoms with Crippen molar-refractivity contribution in [3.63, 3.8) is 0 Å². The lowest BCUT2D eigenvalue weighted by Gasteiger charge is -2.38. The molecule has 0 fully saturated rings. The van der Waals surface area contributed by atoms with Gasteiger partial charge in [-0.05, 0) is 55.6 Å². The lowest BCUT2D eigenvalue weighted by atomic mass is 9.88. The Labute approximate surface area is 188 Å². The maximum atomic E-state index is 12.5. The summed E-state index contributed by atoms with van der Waals surface area (Å²) in [6.45, 7) is 2.58. The van der Waals surface area contributed by atoms with Gasteiger partial charge in [0.2, 0.25) is 11.8 Å². The molecule has 0 aliphatic carbocycles. The van der Waals surface area contributed by atoms with Crippen molar-refractivity contribution >= 4 is 11.8 Å². The van der Waals surface area contributed by atoms with E-state index in [9.17, 15) is 14.7 Å². The molecule has 2 aromatic rings. The molecule has 5 N–H and O–H groups in total. The van der Waals surface area contributed by atoms with Gasteiger partial charge >= 0.3 is 0 Å². The summed E-state index contributed by atoms with van der Waals surface area (Å²) in [6, 6.07) is 12.0. The smallest absolute Gasteiger partial charge is 0.239 e. The number of phenols is 1. The number of nitrogens with one attached hydrogen (secondary N) is 2. The monoisotopic (exact) mass is 440 g/mol. The molecule has 172 valence electrons. The topological polar surface area (TPSA) is 117 Å². The molecule has 0 aromatic heterocycles. The number of carbonyl (C=O) groups excluding carboxylic acids is 2. The van der Waals surface area contributed by atoms with Crippen LogP contribution >= 0.6 is 0 Å². The molecule has 32 heavy (non-hydrogen) atoms. The predicted molar refractivity (Wildman–Crippen MR) is 122 cm³/mol. The van der Waals surface area contributed by atoms with Gasteiger partial charge in [-0.25, -0.2) is 0 Å². The highest BCUT2D eigenvalue weighted by Gasteiger charge is 2.31. The lowest BCUT2D eigenvalue weighted by Crippen LogP contribution is -2.50. The zero-order valence-electron chi connectivity index (χ0n) is 18.8. The van der Waals surface area contributed by atoms with E-state index in [4.69, 9.17) is 10.5 Å². The fourth-order valence-electron chi connectivity index (χ4n) is 4.25. The second kappa shape index (κ2) is 10.5. The molecule has 1 aliphatic heterocycles. The number of aromatic hydroxyl groups is 1. The number of nitrogens with zero attached hydrogens (tertiary/aromatic N) is 1. The first-order valence-electron chi connectivity index (χ1n) is 10.8. The first kappa shape index (κ1) is 23.6. The van der Waals surface area contributed by atoms with E-state index >= 15 is 0 Å². The van der Waals surface area contributed by atoms with Gasteiger partial charge in [0.25, 0.3) is 0 Å². The molecular weight excluding hydrogens is 408 g/mol. The van der Waals surface area contributed by atoms with Crippen LogP contribution in [0.25, 0.3) is 0 Å².